The number of ether oxygens (including phenoxy) is 1. The van der Waals surface area contributed by atoms with Crippen molar-refractivity contribution in [2.75, 3.05) is 13.2 Å². The molecule has 0 saturated heterocycles. The van der Waals surface area contributed by atoms with Gasteiger partial charge in [-0.3, -0.25) is 10.1 Å². The maximum atomic E-state index is 10.2. The second-order valence-corrected chi connectivity index (χ2v) is 2.85. The normalized spacial score (nSPS) is 9.79. The van der Waals surface area contributed by atoms with Gasteiger partial charge < -0.3 is 4.74 Å². The molecule has 0 heterocycles. The Morgan fingerprint density at radius 2 is 2.14 bits per heavy atom. The second kappa shape index (κ2) is 5.21. The topological polar surface area (TPSA) is 52.4 Å². The summed E-state index contributed by atoms with van der Waals surface area (Å²) >= 11 is 0. The van der Waals surface area contributed by atoms with Crippen LogP contribution in [0.2, 0.25) is 0 Å². The maximum absolute atomic E-state index is 10.2. The van der Waals surface area contributed by atoms with E-state index in [0.717, 1.165) is 11.3 Å². The predicted molar refractivity (Wildman–Crippen MR) is 53.2 cm³/mol. The Bertz CT molecular complexity index is 312. The molecule has 0 amide bonds. The predicted octanol–water partition coefficient (Wildman–Crippen LogP) is 1.90. The first-order valence-corrected chi connectivity index (χ1v) is 4.56. The van der Waals surface area contributed by atoms with Gasteiger partial charge in [-0.2, -0.15) is 0 Å². The van der Waals surface area contributed by atoms with E-state index >= 15 is 0 Å². The van der Waals surface area contributed by atoms with E-state index in [1.54, 1.807) is 0 Å². The first-order valence-electron chi connectivity index (χ1n) is 4.56. The van der Waals surface area contributed by atoms with Crippen molar-refractivity contribution in [2.45, 2.75) is 13.3 Å². The van der Waals surface area contributed by atoms with Gasteiger partial charge in [-0.15, -0.1) is 0 Å². The molecule has 0 spiro atoms. The molecule has 1 aromatic carbocycles. The van der Waals surface area contributed by atoms with E-state index in [0.29, 0.717) is 13.0 Å². The third-order valence-corrected chi connectivity index (χ3v) is 1.84. The van der Waals surface area contributed by atoms with Crippen LogP contribution in [0.4, 0.5) is 0 Å². The fourth-order valence-corrected chi connectivity index (χ4v) is 1.22. The van der Waals surface area contributed by atoms with Crippen LogP contribution in [0.1, 0.15) is 12.5 Å². The van der Waals surface area contributed by atoms with Crippen molar-refractivity contribution in [3.8, 4) is 5.75 Å². The number of para-hydroxylation sites is 1. The van der Waals surface area contributed by atoms with E-state index in [-0.39, 0.29) is 11.5 Å². The highest BCUT2D eigenvalue weighted by atomic mass is 16.6. The third-order valence-electron chi connectivity index (χ3n) is 1.84. The summed E-state index contributed by atoms with van der Waals surface area (Å²) in [7, 11) is 0. The lowest BCUT2D eigenvalue weighted by Gasteiger charge is -2.07. The molecule has 1 aromatic rings. The largest absolute Gasteiger partial charge is 0.494 e. The van der Waals surface area contributed by atoms with E-state index in [9.17, 15) is 10.1 Å². The number of rotatable bonds is 5. The van der Waals surface area contributed by atoms with E-state index < -0.39 is 0 Å². The van der Waals surface area contributed by atoms with E-state index in [2.05, 4.69) is 0 Å². The van der Waals surface area contributed by atoms with Crippen molar-refractivity contribution >= 4 is 0 Å². The summed E-state index contributed by atoms with van der Waals surface area (Å²) in [5, 5.41) is 10.2. The first kappa shape index (κ1) is 10.5. The number of hydrogen-bond donors (Lipinski definition) is 0. The minimum Gasteiger partial charge on any atom is -0.494 e. The van der Waals surface area contributed by atoms with E-state index in [1.807, 2.05) is 31.2 Å². The third kappa shape index (κ3) is 3.05. The van der Waals surface area contributed by atoms with Crippen LogP contribution in [0.5, 0.6) is 5.75 Å². The van der Waals surface area contributed by atoms with Gasteiger partial charge in [0.15, 0.2) is 0 Å². The Labute approximate surface area is 82.7 Å². The zero-order valence-corrected chi connectivity index (χ0v) is 8.10. The van der Waals surface area contributed by atoms with Crippen LogP contribution in [0.25, 0.3) is 0 Å². The minimum absolute atomic E-state index is 0.0515. The van der Waals surface area contributed by atoms with Gasteiger partial charge in [-0.05, 0) is 13.0 Å². The Balaban J connectivity index is 2.68. The van der Waals surface area contributed by atoms with Crippen LogP contribution in [0.15, 0.2) is 24.3 Å². The van der Waals surface area contributed by atoms with Gasteiger partial charge in [0, 0.05) is 16.9 Å². The SMILES string of the molecule is CCOc1ccccc1CC[N+](=O)[O-]. The Morgan fingerprint density at radius 3 is 2.79 bits per heavy atom. The Hall–Kier alpha value is -1.58. The van der Waals surface area contributed by atoms with Crippen molar-refractivity contribution in [3.63, 3.8) is 0 Å². The van der Waals surface area contributed by atoms with Gasteiger partial charge in [0.1, 0.15) is 5.75 Å². The van der Waals surface area contributed by atoms with Crippen molar-refractivity contribution in [1.82, 2.24) is 0 Å². The van der Waals surface area contributed by atoms with E-state index in [1.165, 1.54) is 0 Å². The highest BCUT2D eigenvalue weighted by Gasteiger charge is 2.05. The molecule has 0 saturated carbocycles. The maximum Gasteiger partial charge on any atom is 0.208 e. The second-order valence-electron chi connectivity index (χ2n) is 2.85. The molecule has 76 valence electrons. The molecule has 0 aliphatic carbocycles. The van der Waals surface area contributed by atoms with Crippen molar-refractivity contribution in [2.24, 2.45) is 0 Å². The van der Waals surface area contributed by atoms with Crippen LogP contribution >= 0.6 is 0 Å². The molecule has 0 fully saturated rings. The summed E-state index contributed by atoms with van der Waals surface area (Å²) < 4.78 is 5.35. The Morgan fingerprint density at radius 1 is 1.43 bits per heavy atom. The lowest BCUT2D eigenvalue weighted by molar-refractivity contribution is -0.479. The lowest BCUT2D eigenvalue weighted by atomic mass is 10.1. The zero-order chi connectivity index (χ0) is 10.4. The molecule has 0 aliphatic heterocycles. The van der Waals surface area contributed by atoms with Gasteiger partial charge in [-0.1, -0.05) is 18.2 Å². The van der Waals surface area contributed by atoms with Crippen LogP contribution in [-0.2, 0) is 6.42 Å². The van der Waals surface area contributed by atoms with Crippen molar-refractivity contribution in [1.29, 1.82) is 0 Å². The van der Waals surface area contributed by atoms with Gasteiger partial charge in [0.25, 0.3) is 0 Å². The molecule has 0 unspecified atom stereocenters. The fourth-order valence-electron chi connectivity index (χ4n) is 1.22. The summed E-state index contributed by atoms with van der Waals surface area (Å²) in [6.07, 6.45) is 0.420. The summed E-state index contributed by atoms with van der Waals surface area (Å²) in [6.45, 7) is 2.42. The molecule has 14 heavy (non-hydrogen) atoms. The standard InChI is InChI=1S/C10H13NO3/c1-2-14-10-6-4-3-5-9(10)7-8-11(12)13/h3-6H,2,7-8H2,1H3. The summed E-state index contributed by atoms with van der Waals surface area (Å²) in [6, 6.07) is 7.41. The van der Waals surface area contributed by atoms with Crippen molar-refractivity contribution in [3.05, 3.63) is 39.9 Å². The molecule has 1 rings (SSSR count). The van der Waals surface area contributed by atoms with Gasteiger partial charge >= 0.3 is 0 Å². The molecular formula is C10H13NO3. The van der Waals surface area contributed by atoms with Gasteiger partial charge in [0.05, 0.1) is 6.61 Å². The fraction of sp³-hybridized carbons (Fsp3) is 0.400. The van der Waals surface area contributed by atoms with Crippen LogP contribution in [0.3, 0.4) is 0 Å². The molecule has 4 heteroatoms. The van der Waals surface area contributed by atoms with Gasteiger partial charge in [-0.25, -0.2) is 0 Å². The number of hydrogen-bond acceptors (Lipinski definition) is 3. The highest BCUT2D eigenvalue weighted by Crippen LogP contribution is 2.18. The highest BCUT2D eigenvalue weighted by molar-refractivity contribution is 5.33. The number of nitro groups is 1. The Kier molecular flexibility index (Phi) is 3.91. The molecule has 0 aliphatic rings. The van der Waals surface area contributed by atoms with Crippen molar-refractivity contribution < 1.29 is 9.66 Å². The van der Waals surface area contributed by atoms with Gasteiger partial charge in [0.2, 0.25) is 6.54 Å². The monoisotopic (exact) mass is 195 g/mol. The summed E-state index contributed by atoms with van der Waals surface area (Å²) in [5.74, 6) is 0.747. The van der Waals surface area contributed by atoms with Crippen LogP contribution in [-0.4, -0.2) is 18.1 Å². The number of benzene rings is 1. The molecule has 0 bridgehead atoms. The molecule has 0 N–H and O–H groups in total. The average Bonchev–Trinajstić information content (AvgIpc) is 2.17. The molecule has 0 radical (unpaired) electrons. The number of nitrogens with zero attached hydrogens (tertiary/aromatic N) is 1. The first-order chi connectivity index (χ1) is 6.74. The molecule has 4 nitrogen and oxygen atoms in total. The minimum atomic E-state index is -0.317. The zero-order valence-electron chi connectivity index (χ0n) is 8.10. The van der Waals surface area contributed by atoms with E-state index in [4.69, 9.17) is 4.74 Å². The molecule has 0 aromatic heterocycles. The quantitative estimate of drug-likeness (QED) is 0.532. The average molecular weight is 195 g/mol. The lowest BCUT2D eigenvalue weighted by Crippen LogP contribution is -2.05. The molecular weight excluding hydrogens is 182 g/mol. The smallest absolute Gasteiger partial charge is 0.208 e. The summed E-state index contributed by atoms with van der Waals surface area (Å²) in [5.41, 5.74) is 0.894. The van der Waals surface area contributed by atoms with Crippen LogP contribution in [0, 0.1) is 10.1 Å². The summed E-state index contributed by atoms with van der Waals surface area (Å²) in [4.78, 5) is 9.89. The molecule has 0 atom stereocenters. The van der Waals surface area contributed by atoms with Crippen LogP contribution < -0.4 is 4.74 Å².